The lowest BCUT2D eigenvalue weighted by atomic mass is 10.0. The van der Waals surface area contributed by atoms with Crippen molar-refractivity contribution in [2.75, 3.05) is 33.2 Å². The van der Waals surface area contributed by atoms with Crippen molar-refractivity contribution in [3.05, 3.63) is 0 Å². The van der Waals surface area contributed by atoms with E-state index in [1.54, 1.807) is 11.9 Å². The lowest BCUT2D eigenvalue weighted by molar-refractivity contribution is -0.143. The van der Waals surface area contributed by atoms with Gasteiger partial charge in [-0.1, -0.05) is 0 Å². The molecule has 2 saturated heterocycles. The van der Waals surface area contributed by atoms with Gasteiger partial charge in [-0.15, -0.1) is 0 Å². The maximum absolute atomic E-state index is 12.3. The number of carbonyl (C=O) groups excluding carboxylic acids is 1. The van der Waals surface area contributed by atoms with E-state index < -0.39 is 12.7 Å². The molecule has 1 amide bonds. The van der Waals surface area contributed by atoms with E-state index in [9.17, 15) is 18.0 Å². The largest absolute Gasteiger partial charge is 0.401 e. The van der Waals surface area contributed by atoms with Crippen molar-refractivity contribution in [1.82, 2.24) is 15.1 Å². The average molecular weight is 279 g/mol. The smallest absolute Gasteiger partial charge is 0.344 e. The van der Waals surface area contributed by atoms with E-state index in [0.29, 0.717) is 26.1 Å². The molecule has 0 aromatic heterocycles. The summed E-state index contributed by atoms with van der Waals surface area (Å²) in [7, 11) is 1.76. The summed E-state index contributed by atoms with van der Waals surface area (Å²) in [6, 6.07) is 0.312. The zero-order valence-electron chi connectivity index (χ0n) is 11.0. The summed E-state index contributed by atoms with van der Waals surface area (Å²) < 4.78 is 36.8. The van der Waals surface area contributed by atoms with E-state index in [4.69, 9.17) is 0 Å². The van der Waals surface area contributed by atoms with Gasteiger partial charge in [-0.3, -0.25) is 9.69 Å². The second-order valence-corrected chi connectivity index (χ2v) is 5.51. The van der Waals surface area contributed by atoms with Gasteiger partial charge in [-0.25, -0.2) is 0 Å². The van der Waals surface area contributed by atoms with Crippen LogP contribution >= 0.6 is 0 Å². The molecular weight excluding hydrogens is 259 g/mol. The molecule has 7 heteroatoms. The third-order valence-corrected chi connectivity index (χ3v) is 3.77. The van der Waals surface area contributed by atoms with E-state index >= 15 is 0 Å². The standard InChI is InChI=1S/C12H20F3N3O/c1-17-6-9(2-3-11(17)19)16-10-4-5-18(7-10)8-12(13,14)15/h9-10,16H,2-8H2,1H3/t9-,10+/m0/s1. The molecule has 0 unspecified atom stereocenters. The number of rotatable bonds is 3. The Morgan fingerprint density at radius 2 is 1.95 bits per heavy atom. The molecule has 1 N–H and O–H groups in total. The Balaban J connectivity index is 1.75. The minimum absolute atomic E-state index is 0.106. The van der Waals surface area contributed by atoms with Crippen molar-refractivity contribution < 1.29 is 18.0 Å². The number of alkyl halides is 3. The Kier molecular flexibility index (Phi) is 4.35. The lowest BCUT2D eigenvalue weighted by Crippen LogP contribution is -2.50. The summed E-state index contributed by atoms with van der Waals surface area (Å²) in [6.45, 7) is 0.745. The van der Waals surface area contributed by atoms with E-state index in [2.05, 4.69) is 5.32 Å². The van der Waals surface area contributed by atoms with E-state index in [1.807, 2.05) is 0 Å². The molecule has 2 atom stereocenters. The topological polar surface area (TPSA) is 35.6 Å². The normalized spacial score (nSPS) is 30.1. The molecule has 2 aliphatic heterocycles. The first-order chi connectivity index (χ1) is 8.83. The molecule has 0 spiro atoms. The number of nitrogens with zero attached hydrogens (tertiary/aromatic N) is 2. The van der Waals surface area contributed by atoms with Gasteiger partial charge in [0.25, 0.3) is 0 Å². The number of nitrogens with one attached hydrogen (secondary N) is 1. The van der Waals surface area contributed by atoms with Crippen LogP contribution in [0.5, 0.6) is 0 Å². The number of hydrogen-bond donors (Lipinski definition) is 1. The molecule has 2 aliphatic rings. The summed E-state index contributed by atoms with van der Waals surface area (Å²) in [6.07, 6.45) is -2.08. The molecule has 0 aromatic carbocycles. The molecule has 0 radical (unpaired) electrons. The summed E-state index contributed by atoms with van der Waals surface area (Å²) in [5.74, 6) is 0.142. The average Bonchev–Trinajstić information content (AvgIpc) is 2.68. The summed E-state index contributed by atoms with van der Waals surface area (Å²) in [4.78, 5) is 14.5. The Morgan fingerprint density at radius 1 is 1.26 bits per heavy atom. The molecule has 110 valence electrons. The molecule has 19 heavy (non-hydrogen) atoms. The van der Waals surface area contributed by atoms with E-state index in [-0.39, 0.29) is 18.0 Å². The first kappa shape index (κ1) is 14.6. The van der Waals surface area contributed by atoms with Gasteiger partial charge in [0.05, 0.1) is 6.54 Å². The second-order valence-electron chi connectivity index (χ2n) is 5.51. The van der Waals surface area contributed by atoms with Crippen LogP contribution in [0, 0.1) is 0 Å². The first-order valence-electron chi connectivity index (χ1n) is 6.62. The number of halogens is 3. The molecule has 0 saturated carbocycles. The van der Waals surface area contributed by atoms with Crippen LogP contribution in [-0.2, 0) is 4.79 Å². The van der Waals surface area contributed by atoms with Crippen LogP contribution in [0.3, 0.4) is 0 Å². The maximum Gasteiger partial charge on any atom is 0.401 e. The molecular formula is C12H20F3N3O. The number of hydrogen-bond acceptors (Lipinski definition) is 3. The first-order valence-corrected chi connectivity index (χ1v) is 6.62. The zero-order valence-corrected chi connectivity index (χ0v) is 11.0. The lowest BCUT2D eigenvalue weighted by Gasteiger charge is -2.32. The van der Waals surface area contributed by atoms with Gasteiger partial charge in [0.2, 0.25) is 5.91 Å². The Labute approximate surface area is 110 Å². The van der Waals surface area contributed by atoms with Gasteiger partial charge in [-0.05, 0) is 12.8 Å². The van der Waals surface area contributed by atoms with Crippen molar-refractivity contribution in [3.63, 3.8) is 0 Å². The molecule has 2 rings (SSSR count). The number of likely N-dealkylation sites (N-methyl/N-ethyl adjacent to an activating group) is 1. The second kappa shape index (κ2) is 5.66. The highest BCUT2D eigenvalue weighted by Gasteiger charge is 2.35. The van der Waals surface area contributed by atoms with Gasteiger partial charge in [-0.2, -0.15) is 13.2 Å². The maximum atomic E-state index is 12.3. The molecule has 4 nitrogen and oxygen atoms in total. The van der Waals surface area contributed by atoms with Gasteiger partial charge in [0.1, 0.15) is 0 Å². The third kappa shape index (κ3) is 4.35. The van der Waals surface area contributed by atoms with E-state index in [1.165, 1.54) is 4.90 Å². The quantitative estimate of drug-likeness (QED) is 0.831. The van der Waals surface area contributed by atoms with Gasteiger partial charge >= 0.3 is 6.18 Å². The SMILES string of the molecule is CN1C[C@@H](N[C@@H]2CCN(CC(F)(F)F)C2)CCC1=O. The Hall–Kier alpha value is -0.820. The third-order valence-electron chi connectivity index (χ3n) is 3.77. The van der Waals surface area contributed by atoms with Crippen molar-refractivity contribution in [2.45, 2.75) is 37.5 Å². The predicted octanol–water partition coefficient (Wildman–Crippen LogP) is 0.833. The minimum Gasteiger partial charge on any atom is -0.344 e. The van der Waals surface area contributed by atoms with Crippen molar-refractivity contribution in [2.24, 2.45) is 0 Å². The fourth-order valence-electron chi connectivity index (χ4n) is 2.85. The van der Waals surface area contributed by atoms with Crippen molar-refractivity contribution >= 4 is 5.91 Å². The van der Waals surface area contributed by atoms with Gasteiger partial charge in [0, 0.05) is 45.2 Å². The number of piperidine rings is 1. The van der Waals surface area contributed by atoms with Gasteiger partial charge in [0.15, 0.2) is 0 Å². The number of carbonyl (C=O) groups is 1. The fourth-order valence-corrected chi connectivity index (χ4v) is 2.85. The predicted molar refractivity (Wildman–Crippen MR) is 64.7 cm³/mol. The van der Waals surface area contributed by atoms with Crippen LogP contribution in [0.2, 0.25) is 0 Å². The van der Waals surface area contributed by atoms with Crippen LogP contribution in [0.1, 0.15) is 19.3 Å². The van der Waals surface area contributed by atoms with Gasteiger partial charge < -0.3 is 10.2 Å². The summed E-state index contributed by atoms with van der Waals surface area (Å²) in [5.41, 5.74) is 0. The van der Waals surface area contributed by atoms with Crippen molar-refractivity contribution in [1.29, 1.82) is 0 Å². The fraction of sp³-hybridized carbons (Fsp3) is 0.917. The summed E-state index contributed by atoms with van der Waals surface area (Å²) >= 11 is 0. The minimum atomic E-state index is -4.12. The van der Waals surface area contributed by atoms with Crippen LogP contribution < -0.4 is 5.32 Å². The van der Waals surface area contributed by atoms with Crippen LogP contribution in [-0.4, -0.2) is 67.2 Å². The van der Waals surface area contributed by atoms with Crippen LogP contribution in [0.15, 0.2) is 0 Å². The monoisotopic (exact) mass is 279 g/mol. The molecule has 0 bridgehead atoms. The Bertz CT molecular complexity index is 335. The van der Waals surface area contributed by atoms with Crippen LogP contribution in [0.25, 0.3) is 0 Å². The molecule has 2 fully saturated rings. The highest BCUT2D eigenvalue weighted by atomic mass is 19.4. The zero-order chi connectivity index (χ0) is 14.0. The van der Waals surface area contributed by atoms with Crippen LogP contribution in [0.4, 0.5) is 13.2 Å². The Morgan fingerprint density at radius 3 is 2.58 bits per heavy atom. The highest BCUT2D eigenvalue weighted by molar-refractivity contribution is 5.76. The molecule has 2 heterocycles. The molecule has 0 aliphatic carbocycles. The van der Waals surface area contributed by atoms with E-state index in [0.717, 1.165) is 12.8 Å². The number of likely N-dealkylation sites (tertiary alicyclic amines) is 2. The highest BCUT2D eigenvalue weighted by Crippen LogP contribution is 2.20. The number of amides is 1. The van der Waals surface area contributed by atoms with Crippen molar-refractivity contribution in [3.8, 4) is 0 Å². The molecule has 0 aromatic rings. The summed E-state index contributed by atoms with van der Waals surface area (Å²) in [5, 5.41) is 3.38.